The van der Waals surface area contributed by atoms with Crippen LogP contribution in [0.25, 0.3) is 11.0 Å². The minimum Gasteiger partial charge on any atom is -0.342 e. The fraction of sp³-hybridized carbons (Fsp3) is 0.286. The minimum atomic E-state index is -0.321. The van der Waals surface area contributed by atoms with Crippen LogP contribution in [0, 0.1) is 0 Å². The molecule has 1 saturated heterocycles. The Morgan fingerprint density at radius 3 is 2.69 bits per heavy atom. The van der Waals surface area contributed by atoms with Crippen molar-refractivity contribution in [3.8, 4) is 0 Å². The average molecular weight is 476 g/mol. The molecule has 3 aromatic rings. The van der Waals surface area contributed by atoms with E-state index in [1.807, 2.05) is 17.9 Å². The number of benzene rings is 2. The highest BCUT2D eigenvalue weighted by Gasteiger charge is 2.22. The summed E-state index contributed by atoms with van der Waals surface area (Å²) in [5, 5.41) is 3.55. The molecule has 0 saturated carbocycles. The normalized spacial score (nSPS) is 14.9. The molecule has 29 heavy (non-hydrogen) atoms. The van der Waals surface area contributed by atoms with Gasteiger partial charge in [-0.2, -0.15) is 0 Å². The van der Waals surface area contributed by atoms with Crippen molar-refractivity contribution in [1.29, 1.82) is 0 Å². The second-order valence-electron chi connectivity index (χ2n) is 7.17. The van der Waals surface area contributed by atoms with Crippen LogP contribution in [-0.2, 0) is 0 Å². The lowest BCUT2D eigenvalue weighted by Gasteiger charge is -2.17. The zero-order valence-corrected chi connectivity index (χ0v) is 18.2. The Balaban J connectivity index is 1.48. The largest absolute Gasteiger partial charge is 0.342 e. The molecule has 1 atom stereocenters. The molecule has 0 spiro atoms. The fourth-order valence-corrected chi connectivity index (χ4v) is 4.19. The Hall–Kier alpha value is -2.38. The molecular formula is C21H20BrClN4O2. The standard InChI is InChI=1S/C21H20BrClN4O2/c1-12(19-25-17-7-5-14(23)11-18(17)26-19)24-20(28)13-4-6-15(16(22)10-13)21(29)27-8-2-3-9-27/h4-7,10-12H,2-3,8-9H2,1H3,(H,24,28)(H,25,26). The van der Waals surface area contributed by atoms with E-state index in [0.717, 1.165) is 37.0 Å². The van der Waals surface area contributed by atoms with E-state index in [1.165, 1.54) is 0 Å². The van der Waals surface area contributed by atoms with Crippen molar-refractivity contribution in [3.63, 3.8) is 0 Å². The van der Waals surface area contributed by atoms with Gasteiger partial charge in [0.1, 0.15) is 5.82 Å². The van der Waals surface area contributed by atoms with Crippen LogP contribution in [0.15, 0.2) is 40.9 Å². The predicted molar refractivity (Wildman–Crippen MR) is 116 cm³/mol. The quantitative estimate of drug-likeness (QED) is 0.574. The highest BCUT2D eigenvalue weighted by atomic mass is 79.9. The molecule has 4 rings (SSSR count). The third kappa shape index (κ3) is 4.16. The third-order valence-corrected chi connectivity index (χ3v) is 5.97. The summed E-state index contributed by atoms with van der Waals surface area (Å²) in [6.45, 7) is 3.43. The molecule has 2 aromatic carbocycles. The van der Waals surface area contributed by atoms with Gasteiger partial charge in [0.25, 0.3) is 11.8 Å². The Labute approximate surface area is 181 Å². The van der Waals surface area contributed by atoms with Crippen LogP contribution in [0.4, 0.5) is 0 Å². The van der Waals surface area contributed by atoms with E-state index in [4.69, 9.17) is 11.6 Å². The number of amides is 2. The highest BCUT2D eigenvalue weighted by Crippen LogP contribution is 2.23. The van der Waals surface area contributed by atoms with Gasteiger partial charge in [-0.1, -0.05) is 11.6 Å². The summed E-state index contributed by atoms with van der Waals surface area (Å²) in [5.41, 5.74) is 2.66. The number of carbonyl (C=O) groups excluding carboxylic acids is 2. The van der Waals surface area contributed by atoms with Gasteiger partial charge in [0.05, 0.1) is 22.6 Å². The maximum atomic E-state index is 12.7. The zero-order valence-electron chi connectivity index (χ0n) is 15.8. The lowest BCUT2D eigenvalue weighted by atomic mass is 10.1. The highest BCUT2D eigenvalue weighted by molar-refractivity contribution is 9.10. The monoisotopic (exact) mass is 474 g/mol. The number of nitrogens with one attached hydrogen (secondary N) is 2. The van der Waals surface area contributed by atoms with Crippen LogP contribution in [0.5, 0.6) is 0 Å². The number of hydrogen-bond acceptors (Lipinski definition) is 3. The van der Waals surface area contributed by atoms with E-state index in [-0.39, 0.29) is 17.9 Å². The van der Waals surface area contributed by atoms with Gasteiger partial charge in [-0.05, 0) is 72.1 Å². The van der Waals surface area contributed by atoms with Crippen molar-refractivity contribution in [3.05, 3.63) is 62.8 Å². The number of H-pyrrole nitrogens is 1. The van der Waals surface area contributed by atoms with Crippen molar-refractivity contribution in [2.24, 2.45) is 0 Å². The van der Waals surface area contributed by atoms with Gasteiger partial charge in [-0.3, -0.25) is 9.59 Å². The fourth-order valence-electron chi connectivity index (χ4n) is 3.47. The van der Waals surface area contributed by atoms with Gasteiger partial charge >= 0.3 is 0 Å². The van der Waals surface area contributed by atoms with Crippen molar-refractivity contribution >= 4 is 50.4 Å². The first-order chi connectivity index (χ1) is 13.9. The van der Waals surface area contributed by atoms with Crippen LogP contribution in [0.3, 0.4) is 0 Å². The van der Waals surface area contributed by atoms with Gasteiger partial charge in [-0.25, -0.2) is 4.98 Å². The number of imidazole rings is 1. The summed E-state index contributed by atoms with van der Waals surface area (Å²) in [6.07, 6.45) is 2.07. The van der Waals surface area contributed by atoms with Gasteiger partial charge < -0.3 is 15.2 Å². The smallest absolute Gasteiger partial charge is 0.254 e. The Kier molecular flexibility index (Phi) is 5.61. The van der Waals surface area contributed by atoms with E-state index in [2.05, 4.69) is 31.2 Å². The van der Waals surface area contributed by atoms with E-state index in [0.29, 0.717) is 26.4 Å². The number of halogens is 2. The van der Waals surface area contributed by atoms with Gasteiger partial charge in [0.2, 0.25) is 0 Å². The first kappa shape index (κ1) is 19.9. The second-order valence-corrected chi connectivity index (χ2v) is 8.46. The number of likely N-dealkylation sites (tertiary alicyclic amines) is 1. The number of nitrogens with zero attached hydrogens (tertiary/aromatic N) is 2. The van der Waals surface area contributed by atoms with Crippen LogP contribution >= 0.6 is 27.5 Å². The molecule has 0 bridgehead atoms. The van der Waals surface area contributed by atoms with Crippen molar-refractivity contribution in [2.45, 2.75) is 25.8 Å². The van der Waals surface area contributed by atoms with E-state index >= 15 is 0 Å². The molecule has 2 N–H and O–H groups in total. The SMILES string of the molecule is CC(NC(=O)c1ccc(C(=O)N2CCCC2)c(Br)c1)c1nc2cc(Cl)ccc2[nH]1. The maximum Gasteiger partial charge on any atom is 0.254 e. The first-order valence-electron chi connectivity index (χ1n) is 9.47. The molecule has 0 radical (unpaired) electrons. The van der Waals surface area contributed by atoms with Crippen LogP contribution in [-0.4, -0.2) is 39.8 Å². The number of aromatic amines is 1. The molecular weight excluding hydrogens is 456 g/mol. The Bertz CT molecular complexity index is 1090. The van der Waals surface area contributed by atoms with Crippen LogP contribution in [0.1, 0.15) is 52.3 Å². The molecule has 8 heteroatoms. The lowest BCUT2D eigenvalue weighted by Crippen LogP contribution is -2.29. The summed E-state index contributed by atoms with van der Waals surface area (Å²) >= 11 is 9.45. The number of carbonyl (C=O) groups is 2. The van der Waals surface area contributed by atoms with Crippen molar-refractivity contribution in [1.82, 2.24) is 20.2 Å². The molecule has 2 heterocycles. The summed E-state index contributed by atoms with van der Waals surface area (Å²) in [7, 11) is 0. The Morgan fingerprint density at radius 1 is 1.21 bits per heavy atom. The van der Waals surface area contributed by atoms with Gasteiger partial charge in [0, 0.05) is 28.1 Å². The van der Waals surface area contributed by atoms with Crippen LogP contribution in [0.2, 0.25) is 5.02 Å². The summed E-state index contributed by atoms with van der Waals surface area (Å²) < 4.78 is 0.619. The molecule has 6 nitrogen and oxygen atoms in total. The molecule has 1 aliphatic heterocycles. The summed E-state index contributed by atoms with van der Waals surface area (Å²) in [5.74, 6) is 0.406. The van der Waals surface area contributed by atoms with Crippen molar-refractivity contribution < 1.29 is 9.59 Å². The maximum absolute atomic E-state index is 12.7. The molecule has 1 aliphatic rings. The molecule has 1 unspecified atom stereocenters. The first-order valence-corrected chi connectivity index (χ1v) is 10.6. The number of aromatic nitrogens is 2. The number of rotatable bonds is 4. The molecule has 150 valence electrons. The number of hydrogen-bond donors (Lipinski definition) is 2. The molecule has 1 fully saturated rings. The zero-order chi connectivity index (χ0) is 20.5. The summed E-state index contributed by atoms with van der Waals surface area (Å²) in [4.78, 5) is 34.8. The lowest BCUT2D eigenvalue weighted by molar-refractivity contribution is 0.0791. The Morgan fingerprint density at radius 2 is 1.97 bits per heavy atom. The number of fused-ring (bicyclic) bond motifs is 1. The minimum absolute atomic E-state index is 0.00404. The van der Waals surface area contributed by atoms with Gasteiger partial charge in [-0.15, -0.1) is 0 Å². The van der Waals surface area contributed by atoms with Crippen LogP contribution < -0.4 is 5.32 Å². The average Bonchev–Trinajstić information content (AvgIpc) is 3.36. The van der Waals surface area contributed by atoms with Crippen molar-refractivity contribution in [2.75, 3.05) is 13.1 Å². The predicted octanol–water partition coefficient (Wildman–Crippen LogP) is 4.71. The second kappa shape index (κ2) is 8.16. The summed E-state index contributed by atoms with van der Waals surface area (Å²) in [6, 6.07) is 10.2. The topological polar surface area (TPSA) is 78.1 Å². The third-order valence-electron chi connectivity index (χ3n) is 5.08. The van der Waals surface area contributed by atoms with Gasteiger partial charge in [0.15, 0.2) is 0 Å². The molecule has 1 aromatic heterocycles. The molecule has 0 aliphatic carbocycles. The van der Waals surface area contributed by atoms with E-state index in [1.54, 1.807) is 30.3 Å². The van der Waals surface area contributed by atoms with E-state index in [9.17, 15) is 9.59 Å². The van der Waals surface area contributed by atoms with E-state index < -0.39 is 0 Å². The molecule has 2 amide bonds.